The first-order valence-corrected chi connectivity index (χ1v) is 7.14. The molecule has 8 heteroatoms. The van der Waals surface area contributed by atoms with Gasteiger partial charge in [0.15, 0.2) is 0 Å². The molecule has 0 aromatic rings. The fraction of sp³-hybridized carbons (Fsp3) is 0.800. The average Bonchev–Trinajstić information content (AvgIpc) is 2.33. The zero-order chi connectivity index (χ0) is 19.0. The van der Waals surface area contributed by atoms with Crippen molar-refractivity contribution in [3.05, 3.63) is 0 Å². The molecular weight excluding hydrogens is 304 g/mol. The van der Waals surface area contributed by atoms with Crippen molar-refractivity contribution in [3.63, 3.8) is 0 Å². The Balaban J connectivity index is 0. The van der Waals surface area contributed by atoms with Crippen LogP contribution in [0.15, 0.2) is 0 Å². The van der Waals surface area contributed by atoms with Crippen molar-refractivity contribution in [2.24, 2.45) is 16.6 Å². The summed E-state index contributed by atoms with van der Waals surface area (Å²) in [6.07, 6.45) is 0. The summed E-state index contributed by atoms with van der Waals surface area (Å²) in [4.78, 5) is 32.2. The molecule has 0 radical (unpaired) electrons. The highest BCUT2D eigenvalue weighted by Gasteiger charge is 2.32. The molecule has 8 nitrogen and oxygen atoms in total. The molecule has 0 bridgehead atoms. The van der Waals surface area contributed by atoms with E-state index in [1.807, 2.05) is 0 Å². The molecule has 2 atom stereocenters. The Labute approximate surface area is 137 Å². The Morgan fingerprint density at radius 1 is 1.00 bits per heavy atom. The Morgan fingerprint density at radius 3 is 1.61 bits per heavy atom. The van der Waals surface area contributed by atoms with Crippen LogP contribution in [-0.2, 0) is 19.1 Å². The van der Waals surface area contributed by atoms with Crippen LogP contribution in [0, 0.1) is 10.8 Å². The quantitative estimate of drug-likeness (QED) is 0.580. The minimum atomic E-state index is -1.04. The van der Waals surface area contributed by atoms with Gasteiger partial charge in [-0.1, -0.05) is 41.5 Å². The van der Waals surface area contributed by atoms with Gasteiger partial charge in [-0.15, -0.1) is 0 Å². The summed E-state index contributed by atoms with van der Waals surface area (Å²) in [5, 5.41) is 19.7. The van der Waals surface area contributed by atoms with E-state index in [-0.39, 0.29) is 12.0 Å². The number of rotatable bonds is 5. The number of nitrogens with two attached hydrogens (primary N) is 1. The summed E-state index contributed by atoms with van der Waals surface area (Å²) < 4.78 is 4.59. The van der Waals surface area contributed by atoms with Gasteiger partial charge in [0.2, 0.25) is 5.91 Å². The highest BCUT2D eigenvalue weighted by atomic mass is 16.5. The van der Waals surface area contributed by atoms with Crippen LogP contribution in [0.4, 0.5) is 0 Å². The van der Waals surface area contributed by atoms with Crippen molar-refractivity contribution < 1.29 is 29.3 Å². The number of carboxylic acids is 2. The second kappa shape index (κ2) is 9.46. The summed E-state index contributed by atoms with van der Waals surface area (Å²) in [7, 11) is 1.38. The van der Waals surface area contributed by atoms with E-state index in [1.54, 1.807) is 41.5 Å². The van der Waals surface area contributed by atoms with Crippen LogP contribution in [-0.4, -0.2) is 53.9 Å². The number of hydrogen-bond acceptors (Lipinski definition) is 5. The number of hydrogen-bond donors (Lipinski definition) is 4. The molecule has 5 N–H and O–H groups in total. The number of nitrogens with one attached hydrogen (secondary N) is 1. The van der Waals surface area contributed by atoms with Crippen LogP contribution >= 0.6 is 0 Å². The second-order valence-corrected chi connectivity index (χ2v) is 7.32. The van der Waals surface area contributed by atoms with Crippen LogP contribution < -0.4 is 11.1 Å². The number of methoxy groups -OCH3 is 1. The molecule has 0 aliphatic heterocycles. The van der Waals surface area contributed by atoms with Gasteiger partial charge >= 0.3 is 11.9 Å². The Kier molecular flexibility index (Phi) is 9.71. The molecule has 23 heavy (non-hydrogen) atoms. The first-order chi connectivity index (χ1) is 10.1. The van der Waals surface area contributed by atoms with Crippen molar-refractivity contribution in [2.75, 3.05) is 13.7 Å². The molecule has 0 heterocycles. The van der Waals surface area contributed by atoms with Crippen molar-refractivity contribution in [1.29, 1.82) is 0 Å². The molecule has 0 rings (SSSR count). The molecule has 0 aliphatic carbocycles. The predicted octanol–water partition coefficient (Wildman–Crippen LogP) is 0.693. The highest BCUT2D eigenvalue weighted by Crippen LogP contribution is 2.19. The van der Waals surface area contributed by atoms with Crippen molar-refractivity contribution in [2.45, 2.75) is 53.6 Å². The molecule has 136 valence electrons. The maximum Gasteiger partial charge on any atom is 0.326 e. The third-order valence-electron chi connectivity index (χ3n) is 2.89. The van der Waals surface area contributed by atoms with Gasteiger partial charge in [-0.3, -0.25) is 9.59 Å². The molecule has 0 spiro atoms. The third-order valence-corrected chi connectivity index (χ3v) is 2.89. The molecule has 0 saturated heterocycles. The molecule has 0 aromatic heterocycles. The summed E-state index contributed by atoms with van der Waals surface area (Å²) >= 11 is 0. The van der Waals surface area contributed by atoms with Gasteiger partial charge in [-0.05, 0) is 10.8 Å². The van der Waals surface area contributed by atoms with Gasteiger partial charge in [-0.2, -0.15) is 0 Å². The van der Waals surface area contributed by atoms with Gasteiger partial charge in [0, 0.05) is 7.11 Å². The van der Waals surface area contributed by atoms with E-state index in [0.717, 1.165) is 0 Å². The second-order valence-electron chi connectivity index (χ2n) is 7.32. The number of carbonyl (C=O) groups is 3. The first-order valence-electron chi connectivity index (χ1n) is 7.14. The van der Waals surface area contributed by atoms with Crippen LogP contribution in [0.2, 0.25) is 0 Å². The molecule has 0 fully saturated rings. The number of carboxylic acid groups (broad SMARTS) is 2. The summed E-state index contributed by atoms with van der Waals surface area (Å²) in [5.41, 5.74) is 4.43. The van der Waals surface area contributed by atoms with E-state index in [2.05, 4.69) is 10.1 Å². The summed E-state index contributed by atoms with van der Waals surface area (Å²) in [6.45, 7) is 10.5. The molecule has 0 unspecified atom stereocenters. The largest absolute Gasteiger partial charge is 0.480 e. The fourth-order valence-corrected chi connectivity index (χ4v) is 1.35. The van der Waals surface area contributed by atoms with E-state index in [9.17, 15) is 14.4 Å². The molecule has 1 amide bonds. The monoisotopic (exact) mass is 334 g/mol. The van der Waals surface area contributed by atoms with Crippen molar-refractivity contribution >= 4 is 17.8 Å². The lowest BCUT2D eigenvalue weighted by atomic mass is 9.87. The normalized spacial score (nSPS) is 14.1. The van der Waals surface area contributed by atoms with Crippen molar-refractivity contribution in [3.8, 4) is 0 Å². The smallest absolute Gasteiger partial charge is 0.326 e. The lowest BCUT2D eigenvalue weighted by Crippen LogP contribution is -2.50. The third kappa shape index (κ3) is 10.6. The summed E-state index contributed by atoms with van der Waals surface area (Å²) in [5.74, 6) is -2.40. The first kappa shape index (κ1) is 23.6. The van der Waals surface area contributed by atoms with E-state index in [4.69, 9.17) is 15.9 Å². The number of carbonyl (C=O) groups excluding carboxylic acids is 1. The minimum Gasteiger partial charge on any atom is -0.480 e. The van der Waals surface area contributed by atoms with E-state index in [0.29, 0.717) is 0 Å². The van der Waals surface area contributed by atoms with E-state index < -0.39 is 35.3 Å². The van der Waals surface area contributed by atoms with Crippen molar-refractivity contribution in [1.82, 2.24) is 5.32 Å². The van der Waals surface area contributed by atoms with Gasteiger partial charge in [0.25, 0.3) is 0 Å². The highest BCUT2D eigenvalue weighted by molar-refractivity contribution is 5.84. The number of ether oxygens (including phenoxy) is 1. The fourth-order valence-electron chi connectivity index (χ4n) is 1.35. The van der Waals surface area contributed by atoms with Gasteiger partial charge in [0.1, 0.15) is 18.7 Å². The lowest BCUT2D eigenvalue weighted by molar-refractivity contribution is -0.145. The van der Waals surface area contributed by atoms with Gasteiger partial charge < -0.3 is 26.0 Å². The van der Waals surface area contributed by atoms with Gasteiger partial charge in [-0.25, -0.2) is 4.79 Å². The molecule has 0 aromatic carbocycles. The molecule has 0 saturated carbocycles. The topological polar surface area (TPSA) is 139 Å². The molecule has 0 aliphatic rings. The zero-order valence-electron chi connectivity index (χ0n) is 15.0. The lowest BCUT2D eigenvalue weighted by Gasteiger charge is -2.27. The van der Waals surface area contributed by atoms with Crippen LogP contribution in [0.3, 0.4) is 0 Å². The van der Waals surface area contributed by atoms with Gasteiger partial charge in [0.05, 0.1) is 0 Å². The Hall–Kier alpha value is -1.67. The minimum absolute atomic E-state index is 0.125. The number of aliphatic carboxylic acids is 2. The predicted molar refractivity (Wildman–Crippen MR) is 86.0 cm³/mol. The van der Waals surface area contributed by atoms with Crippen LogP contribution in [0.25, 0.3) is 0 Å². The standard InChI is InChI=1S/C9H17NO4.C6H13NO2/c1-9(2,3)7(8(12)13)10-6(11)5-14-4;1-6(2,3)4(7)5(8)9/h7H,5H2,1-4H3,(H,10,11)(H,12,13);4H,7H2,1-3H3,(H,8,9)/t7-;4-/m11/s1. The Morgan fingerprint density at radius 2 is 1.43 bits per heavy atom. The van der Waals surface area contributed by atoms with E-state index in [1.165, 1.54) is 7.11 Å². The SMILES string of the molecule is CC(C)(C)[C@H](N)C(=O)O.COCC(=O)N[C@H](C(=O)O)C(C)(C)C. The number of amides is 1. The zero-order valence-corrected chi connectivity index (χ0v) is 15.0. The van der Waals surface area contributed by atoms with Crippen LogP contribution in [0.5, 0.6) is 0 Å². The maximum atomic E-state index is 11.1. The maximum absolute atomic E-state index is 11.1. The average molecular weight is 334 g/mol. The van der Waals surface area contributed by atoms with Crippen LogP contribution in [0.1, 0.15) is 41.5 Å². The van der Waals surface area contributed by atoms with E-state index >= 15 is 0 Å². The summed E-state index contributed by atoms with van der Waals surface area (Å²) in [6, 6.07) is -1.66. The molecular formula is C15H30N2O6. The Bertz CT molecular complexity index is 409.